The summed E-state index contributed by atoms with van der Waals surface area (Å²) >= 11 is 4.74. The van der Waals surface area contributed by atoms with Crippen molar-refractivity contribution in [3.63, 3.8) is 0 Å². The number of benzene rings is 2. The molecule has 0 spiro atoms. The summed E-state index contributed by atoms with van der Waals surface area (Å²) in [7, 11) is 3.28. The first-order chi connectivity index (χ1) is 14.8. The Labute approximate surface area is 223 Å². The molecule has 2 rings (SSSR count). The van der Waals surface area contributed by atoms with Gasteiger partial charge in [-0.15, -0.1) is 9.24 Å². The SMILES string of the molecule is CC.CC.CCCP.Cc1cc(NC(=O)Nc2ccccc2)c(C)c(C)c1C.[I][V][I]. The van der Waals surface area contributed by atoms with Crippen molar-refractivity contribution in [3.05, 3.63) is 58.7 Å². The standard InChI is InChI=1S/C17H20N2O.C3H9P.2C2H6.2HI.V/c1-11-10-16(14(4)13(3)12(11)2)19-17(20)18-15-8-6-5-7-9-15;1-2-3-4;2*1-2;;;/h5-10H,1-4H3,(H2,18,19,20);2-4H2,1H3;2*1-2H3;2*1H;/q;;;;;;+2/p-2. The van der Waals surface area contributed by atoms with Crippen molar-refractivity contribution in [2.75, 3.05) is 16.8 Å². The molecule has 0 bridgehead atoms. The summed E-state index contributed by atoms with van der Waals surface area (Å²) in [5.74, 6) is 0. The summed E-state index contributed by atoms with van der Waals surface area (Å²) in [6.45, 7) is 18.4. The van der Waals surface area contributed by atoms with Crippen molar-refractivity contribution in [2.24, 2.45) is 0 Å². The van der Waals surface area contributed by atoms with E-state index in [9.17, 15) is 4.79 Å². The third kappa shape index (κ3) is 17.3. The Bertz CT molecular complexity index is 700. The molecule has 0 aliphatic heterocycles. The molecule has 1 atom stereocenters. The number of anilines is 2. The quantitative estimate of drug-likeness (QED) is 0.242. The molecule has 0 aliphatic rings. The molecule has 2 aromatic carbocycles. The Morgan fingerprint density at radius 1 is 0.903 bits per heavy atom. The van der Waals surface area contributed by atoms with Gasteiger partial charge in [0.25, 0.3) is 0 Å². The molecule has 0 aliphatic carbocycles. The van der Waals surface area contributed by atoms with Crippen molar-refractivity contribution in [1.29, 1.82) is 0 Å². The monoisotopic (exact) mass is 709 g/mol. The van der Waals surface area contributed by atoms with E-state index >= 15 is 0 Å². The third-order valence-electron chi connectivity index (χ3n) is 4.05. The molecule has 2 amide bonds. The Kier molecular flexibility index (Phi) is 28.6. The van der Waals surface area contributed by atoms with Crippen molar-refractivity contribution in [1.82, 2.24) is 0 Å². The van der Waals surface area contributed by atoms with Crippen LogP contribution in [0.3, 0.4) is 0 Å². The minimum absolute atomic E-state index is 0.220. The van der Waals surface area contributed by atoms with Gasteiger partial charge in [0.1, 0.15) is 0 Å². The van der Waals surface area contributed by atoms with E-state index in [0.29, 0.717) is 9.47 Å². The number of amides is 2. The van der Waals surface area contributed by atoms with Crippen LogP contribution in [-0.4, -0.2) is 12.2 Å². The van der Waals surface area contributed by atoms with Crippen LogP contribution in [0.4, 0.5) is 16.2 Å². The van der Waals surface area contributed by atoms with Gasteiger partial charge in [0.2, 0.25) is 0 Å². The number of hydrogen-bond acceptors (Lipinski definition) is 1. The van der Waals surface area contributed by atoms with Gasteiger partial charge in [-0.25, -0.2) is 4.79 Å². The normalized spacial score (nSPS) is 8.39. The van der Waals surface area contributed by atoms with Crippen LogP contribution in [0, 0.1) is 27.7 Å². The summed E-state index contributed by atoms with van der Waals surface area (Å²) in [5, 5.41) is 5.74. The molecule has 2 aromatic rings. The third-order valence-corrected chi connectivity index (χ3v) is 4.63. The maximum atomic E-state index is 12.0. The molecule has 31 heavy (non-hydrogen) atoms. The van der Waals surface area contributed by atoms with E-state index < -0.39 is 0 Å². The van der Waals surface area contributed by atoms with Crippen LogP contribution in [0.15, 0.2) is 36.4 Å². The van der Waals surface area contributed by atoms with Gasteiger partial charge >= 0.3 is 55.5 Å². The Morgan fingerprint density at radius 2 is 1.35 bits per heavy atom. The number of aryl methyl sites for hydroxylation is 1. The predicted molar refractivity (Wildman–Crippen MR) is 160 cm³/mol. The van der Waals surface area contributed by atoms with Crippen LogP contribution in [0.1, 0.15) is 63.3 Å². The summed E-state index contributed by atoms with van der Waals surface area (Å²) < 4.78 is 0. The Balaban J connectivity index is -0.000000605. The van der Waals surface area contributed by atoms with E-state index in [1.807, 2.05) is 71.0 Å². The topological polar surface area (TPSA) is 41.1 Å². The van der Waals surface area contributed by atoms with Crippen LogP contribution in [0.2, 0.25) is 0 Å². The molecule has 0 saturated heterocycles. The van der Waals surface area contributed by atoms with Gasteiger partial charge in [-0.1, -0.05) is 59.2 Å². The summed E-state index contributed by atoms with van der Waals surface area (Å²) in [6, 6.07) is 11.2. The molecule has 0 heterocycles. The van der Waals surface area contributed by atoms with E-state index in [1.165, 1.54) is 29.3 Å². The number of nitrogens with one attached hydrogen (secondary N) is 2. The van der Waals surface area contributed by atoms with Gasteiger partial charge in [-0.3, -0.25) is 0 Å². The van der Waals surface area contributed by atoms with Crippen LogP contribution in [-0.2, 0) is 9.47 Å². The fraction of sp³-hybridized carbons (Fsp3) is 0.458. The van der Waals surface area contributed by atoms with E-state index in [4.69, 9.17) is 0 Å². The van der Waals surface area contributed by atoms with Crippen LogP contribution in [0.25, 0.3) is 0 Å². The fourth-order valence-electron chi connectivity index (χ4n) is 2.15. The van der Waals surface area contributed by atoms with E-state index in [0.717, 1.165) is 16.9 Å². The van der Waals surface area contributed by atoms with Crippen molar-refractivity contribution in [2.45, 2.75) is 68.7 Å². The number of carbonyl (C=O) groups is 1. The molecule has 3 nitrogen and oxygen atoms in total. The van der Waals surface area contributed by atoms with Crippen LogP contribution < -0.4 is 10.6 Å². The average Bonchev–Trinajstić information content (AvgIpc) is 2.80. The van der Waals surface area contributed by atoms with Crippen molar-refractivity contribution in [3.8, 4) is 0 Å². The number of rotatable bonds is 3. The van der Waals surface area contributed by atoms with E-state index in [1.54, 1.807) is 0 Å². The van der Waals surface area contributed by atoms with Crippen molar-refractivity contribution < 1.29 is 14.3 Å². The predicted octanol–water partition coefficient (Wildman–Crippen LogP) is 9.66. The van der Waals surface area contributed by atoms with Gasteiger partial charge < -0.3 is 10.6 Å². The number of halogens is 2. The number of urea groups is 1. The molecular weight excluding hydrogens is 668 g/mol. The van der Waals surface area contributed by atoms with Gasteiger partial charge in [0.05, 0.1) is 0 Å². The summed E-state index contributed by atoms with van der Waals surface area (Å²) in [6.07, 6.45) is 2.52. The number of hydrogen-bond donors (Lipinski definition) is 2. The Hall–Kier alpha value is 0.184. The second kappa shape index (κ2) is 24.8. The molecule has 0 saturated carbocycles. The van der Waals surface area contributed by atoms with Crippen LogP contribution in [0.5, 0.6) is 0 Å². The number of carbonyl (C=O) groups excluding carboxylic acids is 1. The molecule has 2 N–H and O–H groups in total. The molecule has 0 fully saturated rings. The zero-order valence-corrected chi connectivity index (χ0v) is 27.4. The molecule has 177 valence electrons. The average molecular weight is 709 g/mol. The number of para-hydroxylation sites is 1. The van der Waals surface area contributed by atoms with Crippen molar-refractivity contribution >= 4 is 66.6 Å². The van der Waals surface area contributed by atoms with E-state index in [-0.39, 0.29) is 6.03 Å². The summed E-state index contributed by atoms with van der Waals surface area (Å²) in [5.41, 5.74) is 6.43. The fourth-order valence-corrected chi connectivity index (χ4v) is 2.15. The summed E-state index contributed by atoms with van der Waals surface area (Å²) in [4.78, 5) is 12.0. The Morgan fingerprint density at radius 3 is 1.77 bits per heavy atom. The van der Waals surface area contributed by atoms with Gasteiger partial charge in [0.15, 0.2) is 0 Å². The van der Waals surface area contributed by atoms with Crippen LogP contribution >= 0.6 is 49.2 Å². The van der Waals surface area contributed by atoms with E-state index in [2.05, 4.69) is 87.5 Å². The molecule has 0 radical (unpaired) electrons. The van der Waals surface area contributed by atoms with Gasteiger partial charge in [-0.2, -0.15) is 0 Å². The maximum absolute atomic E-state index is 12.0. The van der Waals surface area contributed by atoms with Gasteiger partial charge in [0, 0.05) is 11.4 Å². The first kappa shape index (κ1) is 35.8. The van der Waals surface area contributed by atoms with Gasteiger partial charge in [-0.05, 0) is 74.3 Å². The first-order valence-corrected chi connectivity index (χ1v) is 20.5. The zero-order valence-electron chi connectivity index (χ0n) is 20.6. The minimum atomic E-state index is -0.220. The molecule has 0 aromatic heterocycles. The first-order valence-electron chi connectivity index (χ1n) is 10.6. The molecular formula is C24H41I2N2OPV. The zero-order chi connectivity index (χ0) is 24.8. The second-order valence-corrected chi connectivity index (χ2v) is 18.3. The second-order valence-electron chi connectivity index (χ2n) is 5.91. The molecule has 7 heteroatoms. The molecule has 1 unspecified atom stereocenters.